The molecule has 4 heteroatoms. The van der Waals surface area contributed by atoms with E-state index in [0.29, 0.717) is 12.2 Å². The van der Waals surface area contributed by atoms with Gasteiger partial charge in [0, 0.05) is 12.2 Å². The van der Waals surface area contributed by atoms with Gasteiger partial charge in [-0.3, -0.25) is 9.59 Å². The molecule has 0 fully saturated rings. The van der Waals surface area contributed by atoms with Gasteiger partial charge in [-0.1, -0.05) is 29.3 Å². The number of rotatable bonds is 6. The van der Waals surface area contributed by atoms with Gasteiger partial charge in [0.25, 0.3) is 0 Å². The fourth-order valence-electron chi connectivity index (χ4n) is 2.72. The average molecular weight is 328 g/mol. The number of aryl methyl sites for hydroxylation is 1. The number of carbonyl (C=O) groups excluding carboxylic acids is 2. The lowest BCUT2D eigenvalue weighted by Crippen LogP contribution is -2.45. The quantitative estimate of drug-likeness (QED) is 0.613. The van der Waals surface area contributed by atoms with Gasteiger partial charge in [0.2, 0.25) is 11.8 Å². The lowest BCUT2D eigenvalue weighted by molar-refractivity contribution is -0.138. The minimum atomic E-state index is -1.11. The van der Waals surface area contributed by atoms with E-state index in [1.807, 2.05) is 31.2 Å². The molecule has 0 saturated carbocycles. The Morgan fingerprint density at radius 3 is 2.42 bits per heavy atom. The average Bonchev–Trinajstić information content (AvgIpc) is 2.57. The zero-order valence-electron chi connectivity index (χ0n) is 14.9. The maximum atomic E-state index is 12.4. The molecule has 0 atom stereocenters. The zero-order chi connectivity index (χ0) is 17.6. The second-order valence-electron chi connectivity index (χ2n) is 7.06. The van der Waals surface area contributed by atoms with Crippen LogP contribution in [-0.4, -0.2) is 18.4 Å². The highest BCUT2D eigenvalue weighted by Crippen LogP contribution is 2.21. The van der Waals surface area contributed by atoms with Gasteiger partial charge in [-0.15, -0.1) is 0 Å². The van der Waals surface area contributed by atoms with Crippen LogP contribution >= 0.6 is 0 Å². The monoisotopic (exact) mass is 328 g/mol. The van der Waals surface area contributed by atoms with Crippen molar-refractivity contribution in [3.8, 4) is 0 Å². The van der Waals surface area contributed by atoms with Crippen LogP contribution in [0, 0.1) is 12.3 Å². The molecule has 0 aromatic heterocycles. The second-order valence-corrected chi connectivity index (χ2v) is 7.06. The predicted molar refractivity (Wildman–Crippen MR) is 97.8 cm³/mol. The van der Waals surface area contributed by atoms with Gasteiger partial charge >= 0.3 is 0 Å². The smallest absolute Gasteiger partial charge is 0.239 e. The zero-order valence-corrected chi connectivity index (χ0v) is 14.9. The van der Waals surface area contributed by atoms with Gasteiger partial charge in [0.1, 0.15) is 5.41 Å². The number of hydrogen-bond donors (Lipinski definition) is 2. The van der Waals surface area contributed by atoms with Crippen LogP contribution in [0.2, 0.25) is 0 Å². The summed E-state index contributed by atoms with van der Waals surface area (Å²) in [7, 11) is 0. The summed E-state index contributed by atoms with van der Waals surface area (Å²) in [6, 6.07) is 7.55. The summed E-state index contributed by atoms with van der Waals surface area (Å²) < 4.78 is 0. The van der Waals surface area contributed by atoms with Crippen molar-refractivity contribution in [2.45, 2.75) is 52.9 Å². The molecule has 130 valence electrons. The van der Waals surface area contributed by atoms with E-state index < -0.39 is 5.41 Å². The summed E-state index contributed by atoms with van der Waals surface area (Å²) >= 11 is 0. The Morgan fingerprint density at radius 1 is 1.08 bits per heavy atom. The molecule has 2 N–H and O–H groups in total. The number of carbonyl (C=O) groups is 2. The molecule has 0 aliphatic heterocycles. The maximum Gasteiger partial charge on any atom is 0.239 e. The molecule has 4 nitrogen and oxygen atoms in total. The van der Waals surface area contributed by atoms with Crippen LogP contribution < -0.4 is 10.6 Å². The summed E-state index contributed by atoms with van der Waals surface area (Å²) in [6.45, 7) is 5.90. The summed E-state index contributed by atoms with van der Waals surface area (Å²) in [5.41, 5.74) is 2.15. The highest BCUT2D eigenvalue weighted by molar-refractivity contribution is 6.09. The molecular formula is C20H28N2O2. The predicted octanol–water partition coefficient (Wildman–Crippen LogP) is 3.97. The van der Waals surface area contributed by atoms with Gasteiger partial charge in [0.15, 0.2) is 0 Å². The second kappa shape index (κ2) is 8.13. The number of anilines is 1. The maximum absolute atomic E-state index is 12.4. The molecule has 1 aliphatic carbocycles. The van der Waals surface area contributed by atoms with Gasteiger partial charge < -0.3 is 10.6 Å². The van der Waals surface area contributed by atoms with Gasteiger partial charge in [0.05, 0.1) is 0 Å². The van der Waals surface area contributed by atoms with Crippen molar-refractivity contribution in [1.29, 1.82) is 0 Å². The van der Waals surface area contributed by atoms with Crippen molar-refractivity contribution >= 4 is 17.5 Å². The van der Waals surface area contributed by atoms with Crippen molar-refractivity contribution < 1.29 is 9.59 Å². The Hall–Kier alpha value is -2.10. The van der Waals surface area contributed by atoms with Crippen molar-refractivity contribution in [1.82, 2.24) is 5.32 Å². The van der Waals surface area contributed by atoms with Gasteiger partial charge in [-0.25, -0.2) is 0 Å². The van der Waals surface area contributed by atoms with Crippen LogP contribution in [-0.2, 0) is 9.59 Å². The molecule has 0 spiro atoms. The summed E-state index contributed by atoms with van der Waals surface area (Å²) in [4.78, 5) is 24.8. The first-order valence-electron chi connectivity index (χ1n) is 8.74. The molecule has 0 bridgehead atoms. The number of nitrogens with one attached hydrogen (secondary N) is 2. The van der Waals surface area contributed by atoms with Gasteiger partial charge in [-0.05, 0) is 65.0 Å². The molecule has 24 heavy (non-hydrogen) atoms. The first kappa shape index (κ1) is 18.2. The number of allylic oxidation sites excluding steroid dienone is 1. The first-order chi connectivity index (χ1) is 11.4. The van der Waals surface area contributed by atoms with Crippen LogP contribution in [0.25, 0.3) is 0 Å². The van der Waals surface area contributed by atoms with E-state index in [0.717, 1.165) is 24.8 Å². The van der Waals surface area contributed by atoms with E-state index in [1.165, 1.54) is 18.4 Å². The highest BCUT2D eigenvalue weighted by Gasteiger charge is 2.35. The third kappa shape index (κ3) is 4.95. The molecular weight excluding hydrogens is 300 g/mol. The highest BCUT2D eigenvalue weighted by atomic mass is 16.2. The molecule has 1 aromatic carbocycles. The van der Waals surface area contributed by atoms with Crippen LogP contribution in [0.15, 0.2) is 35.9 Å². The third-order valence-electron chi connectivity index (χ3n) is 4.56. The fraction of sp³-hybridized carbons (Fsp3) is 0.500. The van der Waals surface area contributed by atoms with Crippen LogP contribution in [0.4, 0.5) is 5.69 Å². The fourth-order valence-corrected chi connectivity index (χ4v) is 2.72. The normalized spacial score (nSPS) is 14.7. The molecule has 0 heterocycles. The Morgan fingerprint density at radius 2 is 1.79 bits per heavy atom. The Bertz CT molecular complexity index is 615. The minimum absolute atomic E-state index is 0.233. The minimum Gasteiger partial charge on any atom is -0.355 e. The third-order valence-corrected chi connectivity index (χ3v) is 4.56. The van der Waals surface area contributed by atoms with Crippen molar-refractivity contribution in [2.75, 3.05) is 11.9 Å². The molecule has 2 amide bonds. The topological polar surface area (TPSA) is 58.2 Å². The first-order valence-corrected chi connectivity index (χ1v) is 8.74. The van der Waals surface area contributed by atoms with E-state index in [4.69, 9.17) is 0 Å². The van der Waals surface area contributed by atoms with E-state index in [-0.39, 0.29) is 11.8 Å². The Labute approximate surface area is 144 Å². The van der Waals surface area contributed by atoms with E-state index in [9.17, 15) is 9.59 Å². The standard InChI is InChI=1S/C20H28N2O2/c1-15-9-11-17(12-10-15)22-19(24)20(2,3)18(23)21-14-13-16-7-5-4-6-8-16/h7,9-12H,4-6,8,13-14H2,1-3H3,(H,21,23)(H,22,24). The lowest BCUT2D eigenvalue weighted by atomic mass is 9.90. The summed E-state index contributed by atoms with van der Waals surface area (Å²) in [5.74, 6) is -0.524. The van der Waals surface area contributed by atoms with Crippen LogP contribution in [0.5, 0.6) is 0 Å². The summed E-state index contributed by atoms with van der Waals surface area (Å²) in [5, 5.41) is 5.72. The van der Waals surface area contributed by atoms with Crippen LogP contribution in [0.1, 0.15) is 51.5 Å². The van der Waals surface area contributed by atoms with E-state index in [2.05, 4.69) is 16.7 Å². The molecule has 2 rings (SSSR count). The SMILES string of the molecule is Cc1ccc(NC(=O)C(C)(C)C(=O)NCCC2=CCCCC2)cc1. The lowest BCUT2D eigenvalue weighted by Gasteiger charge is -2.23. The van der Waals surface area contributed by atoms with Gasteiger partial charge in [-0.2, -0.15) is 0 Å². The number of amides is 2. The summed E-state index contributed by atoms with van der Waals surface area (Å²) in [6.07, 6.45) is 7.94. The van der Waals surface area contributed by atoms with Crippen molar-refractivity contribution in [3.05, 3.63) is 41.5 Å². The number of benzene rings is 1. The largest absolute Gasteiger partial charge is 0.355 e. The molecule has 0 saturated heterocycles. The molecule has 0 unspecified atom stereocenters. The van der Waals surface area contributed by atoms with Crippen LogP contribution in [0.3, 0.4) is 0 Å². The molecule has 0 radical (unpaired) electrons. The van der Waals surface area contributed by atoms with E-state index in [1.54, 1.807) is 13.8 Å². The van der Waals surface area contributed by atoms with Crippen molar-refractivity contribution in [2.24, 2.45) is 5.41 Å². The van der Waals surface area contributed by atoms with E-state index >= 15 is 0 Å². The Balaban J connectivity index is 1.85. The molecule has 1 aliphatic rings. The molecule has 1 aromatic rings. The number of hydrogen-bond acceptors (Lipinski definition) is 2. The Kier molecular flexibility index (Phi) is 6.18. The van der Waals surface area contributed by atoms with Crippen molar-refractivity contribution in [3.63, 3.8) is 0 Å².